The normalized spacial score (nSPS) is 35.4. The molecule has 0 heterocycles. The molecule has 0 nitrogen and oxygen atoms in total. The summed E-state index contributed by atoms with van der Waals surface area (Å²) in [6.45, 7) is 15.9. The van der Waals surface area contributed by atoms with Gasteiger partial charge in [0.05, 0.1) is 0 Å². The van der Waals surface area contributed by atoms with Crippen molar-refractivity contribution in [2.24, 2.45) is 47.3 Å². The Bertz CT molecular complexity index is 796. The monoisotopic (exact) mass is 460 g/mol. The van der Waals surface area contributed by atoms with Gasteiger partial charge in [-0.2, -0.15) is 0 Å². The first kappa shape index (κ1) is 27.1. The zero-order valence-corrected chi connectivity index (χ0v) is 23.0. The van der Waals surface area contributed by atoms with Crippen LogP contribution >= 0.6 is 0 Å². The molecule has 0 aliphatic heterocycles. The van der Waals surface area contributed by atoms with Crippen molar-refractivity contribution in [1.82, 2.24) is 0 Å². The summed E-state index contributed by atoms with van der Waals surface area (Å²) in [5, 5.41) is 0. The quantitative estimate of drug-likeness (QED) is 0.250. The largest absolute Gasteiger partial charge is 0.0996 e. The maximum atomic E-state index is 4.71. The Labute approximate surface area is 212 Å². The summed E-state index contributed by atoms with van der Waals surface area (Å²) in [5.41, 5.74) is 3.27. The molecule has 4 aliphatic carbocycles. The first-order valence-corrected chi connectivity index (χ1v) is 14.8. The van der Waals surface area contributed by atoms with Crippen LogP contribution in [0.3, 0.4) is 0 Å². The van der Waals surface area contributed by atoms with E-state index in [-0.39, 0.29) is 0 Å². The summed E-state index contributed by atoms with van der Waals surface area (Å²) in [4.78, 5) is 0. The third kappa shape index (κ3) is 6.20. The summed E-state index contributed by atoms with van der Waals surface area (Å²) in [7, 11) is 0. The van der Waals surface area contributed by atoms with E-state index in [0.29, 0.717) is 35.5 Å². The van der Waals surface area contributed by atoms with Crippen LogP contribution in [0.5, 0.6) is 0 Å². The summed E-state index contributed by atoms with van der Waals surface area (Å²) in [5.74, 6) is 13.0. The average molecular weight is 461 g/mol. The van der Waals surface area contributed by atoms with Gasteiger partial charge in [-0.15, -0.1) is 0 Å². The van der Waals surface area contributed by atoms with Crippen molar-refractivity contribution in [3.8, 4) is 11.8 Å². The second-order valence-electron chi connectivity index (χ2n) is 11.2. The molecule has 0 spiro atoms. The van der Waals surface area contributed by atoms with Crippen LogP contribution in [0.25, 0.3) is 0 Å². The second-order valence-corrected chi connectivity index (χ2v) is 11.2. The lowest BCUT2D eigenvalue weighted by Crippen LogP contribution is -2.28. The summed E-state index contributed by atoms with van der Waals surface area (Å²) >= 11 is 0. The lowest BCUT2D eigenvalue weighted by molar-refractivity contribution is 0.197. The fourth-order valence-corrected chi connectivity index (χ4v) is 7.61. The Balaban J connectivity index is 0.00000158. The summed E-state index contributed by atoms with van der Waals surface area (Å²) in [6.07, 6.45) is 26.4. The molecule has 4 aliphatic rings. The number of hydrogen-bond donors (Lipinski definition) is 0. The minimum Gasteiger partial charge on any atom is -0.0996 e. The number of allylic oxidation sites excluding steroid dienone is 7. The van der Waals surface area contributed by atoms with E-state index in [9.17, 15) is 0 Å². The Morgan fingerprint density at radius 1 is 1.12 bits per heavy atom. The van der Waals surface area contributed by atoms with Crippen LogP contribution in [0, 0.1) is 59.2 Å². The molecule has 2 bridgehead atoms. The van der Waals surface area contributed by atoms with Crippen LogP contribution in [-0.4, -0.2) is 0 Å². The van der Waals surface area contributed by atoms with E-state index in [2.05, 4.69) is 63.0 Å². The van der Waals surface area contributed by atoms with Crippen molar-refractivity contribution in [2.75, 3.05) is 0 Å². The Morgan fingerprint density at radius 3 is 2.65 bits per heavy atom. The third-order valence-corrected chi connectivity index (χ3v) is 9.26. The molecule has 8 atom stereocenters. The van der Waals surface area contributed by atoms with E-state index in [1.807, 2.05) is 13.8 Å². The van der Waals surface area contributed by atoms with Crippen molar-refractivity contribution in [3.05, 3.63) is 48.1 Å². The molecule has 0 heteroatoms. The molecule has 34 heavy (non-hydrogen) atoms. The van der Waals surface area contributed by atoms with Crippen LogP contribution in [0.2, 0.25) is 0 Å². The molecule has 1 fully saturated rings. The van der Waals surface area contributed by atoms with Crippen LogP contribution in [0.4, 0.5) is 0 Å². The van der Waals surface area contributed by atoms with Crippen molar-refractivity contribution >= 4 is 0 Å². The minimum atomic E-state index is 0.527. The molecule has 0 radical (unpaired) electrons. The van der Waals surface area contributed by atoms with E-state index in [4.69, 9.17) is 6.58 Å². The van der Waals surface area contributed by atoms with Gasteiger partial charge < -0.3 is 0 Å². The molecular weight excluding hydrogens is 408 g/mol. The Hall–Kier alpha value is -1.48. The van der Waals surface area contributed by atoms with E-state index >= 15 is 0 Å². The smallest absolute Gasteiger partial charge is 0.0445 e. The Morgan fingerprint density at radius 2 is 1.94 bits per heavy atom. The molecule has 8 unspecified atom stereocenters. The van der Waals surface area contributed by atoms with Gasteiger partial charge in [-0.1, -0.05) is 100 Å². The second kappa shape index (κ2) is 13.6. The minimum absolute atomic E-state index is 0.527. The summed E-state index contributed by atoms with van der Waals surface area (Å²) in [6, 6.07) is 0. The topological polar surface area (TPSA) is 0 Å². The molecular formula is C34H52. The standard InChI is InChI=1S/C32H46.C2H6/c1-5-12-27(13-6-2)31(22-23(3)26-16-8-7-9-17-26)32-24(4)28-18-10-14-25-15-11-19-30(32)29(28)21-20-25;1-2/h5,7-8,12,19,24-29,31-32H,3,6,9-11,13-18,22H2,1-2,4H3;1-2H3/b12-5-,30-19+;. The van der Waals surface area contributed by atoms with Crippen LogP contribution < -0.4 is 0 Å². The fraction of sp³-hybridized carbons (Fsp3) is 0.706. The van der Waals surface area contributed by atoms with Gasteiger partial charge in [0, 0.05) is 11.8 Å². The predicted octanol–water partition coefficient (Wildman–Crippen LogP) is 9.95. The van der Waals surface area contributed by atoms with E-state index in [0.717, 1.165) is 11.8 Å². The van der Waals surface area contributed by atoms with Crippen molar-refractivity contribution < 1.29 is 0 Å². The highest BCUT2D eigenvalue weighted by molar-refractivity contribution is 5.33. The number of fused-ring (bicyclic) bond motifs is 1. The molecule has 0 N–H and O–H groups in total. The zero-order chi connectivity index (χ0) is 24.5. The van der Waals surface area contributed by atoms with Crippen molar-refractivity contribution in [2.45, 2.75) is 105 Å². The first-order valence-electron chi connectivity index (χ1n) is 14.8. The van der Waals surface area contributed by atoms with Gasteiger partial charge in [-0.3, -0.25) is 0 Å². The van der Waals surface area contributed by atoms with Gasteiger partial charge in [0.25, 0.3) is 0 Å². The van der Waals surface area contributed by atoms with Crippen LogP contribution in [-0.2, 0) is 0 Å². The highest BCUT2D eigenvalue weighted by Gasteiger charge is 2.48. The van der Waals surface area contributed by atoms with Gasteiger partial charge in [0.2, 0.25) is 0 Å². The SMILES string of the molecule is C=C(CC(C(/C=C\C)CCC)C1/C2=C/CCC3C#CC2C(CCC3)C1C)C1CC=CCC1.CC. The highest BCUT2D eigenvalue weighted by Crippen LogP contribution is 2.55. The van der Waals surface area contributed by atoms with Crippen LogP contribution in [0.1, 0.15) is 105 Å². The van der Waals surface area contributed by atoms with Crippen molar-refractivity contribution in [1.29, 1.82) is 0 Å². The van der Waals surface area contributed by atoms with Gasteiger partial charge in [-0.25, -0.2) is 0 Å². The maximum absolute atomic E-state index is 4.71. The van der Waals surface area contributed by atoms with E-state index < -0.39 is 0 Å². The number of hydrogen-bond acceptors (Lipinski definition) is 0. The first-order chi connectivity index (χ1) is 16.6. The van der Waals surface area contributed by atoms with Gasteiger partial charge in [-0.05, 0) is 100 Å². The molecule has 0 aromatic heterocycles. The number of rotatable bonds is 8. The molecule has 4 rings (SSSR count). The Kier molecular flexibility index (Phi) is 10.8. The molecule has 0 aromatic rings. The lowest BCUT2D eigenvalue weighted by atomic mass is 9.68. The average Bonchev–Trinajstić information content (AvgIpc) is 3.06. The van der Waals surface area contributed by atoms with Gasteiger partial charge >= 0.3 is 0 Å². The van der Waals surface area contributed by atoms with Gasteiger partial charge in [0.1, 0.15) is 0 Å². The van der Waals surface area contributed by atoms with E-state index in [1.54, 1.807) is 5.57 Å². The molecule has 188 valence electrons. The third-order valence-electron chi connectivity index (χ3n) is 9.26. The molecule has 1 saturated carbocycles. The fourth-order valence-electron chi connectivity index (χ4n) is 7.61. The van der Waals surface area contributed by atoms with E-state index in [1.165, 1.54) is 76.2 Å². The van der Waals surface area contributed by atoms with Gasteiger partial charge in [0.15, 0.2) is 0 Å². The molecule has 0 aromatic carbocycles. The van der Waals surface area contributed by atoms with Crippen LogP contribution in [0.15, 0.2) is 48.1 Å². The highest BCUT2D eigenvalue weighted by atomic mass is 14.5. The molecule has 0 amide bonds. The van der Waals surface area contributed by atoms with Crippen molar-refractivity contribution in [3.63, 3.8) is 0 Å². The zero-order valence-electron chi connectivity index (χ0n) is 23.0. The lowest BCUT2D eigenvalue weighted by Gasteiger charge is -2.36. The molecule has 0 saturated heterocycles. The maximum Gasteiger partial charge on any atom is 0.0445 e. The predicted molar refractivity (Wildman–Crippen MR) is 150 cm³/mol. The summed E-state index contributed by atoms with van der Waals surface area (Å²) < 4.78 is 0.